The molecule has 0 aliphatic carbocycles. The Hall–Kier alpha value is -3.37. The number of methoxy groups -OCH3 is 2. The van der Waals surface area contributed by atoms with Gasteiger partial charge >= 0.3 is 0 Å². The topological polar surface area (TPSA) is 54.1 Å². The molecule has 0 fully saturated rings. The fourth-order valence-corrected chi connectivity index (χ4v) is 9.28. The average molecular weight is 599 g/mol. The first-order chi connectivity index (χ1) is 19.5. The number of hydrogen-bond donors (Lipinski definition) is 0. The molecule has 222 valence electrons. The molecule has 0 bridgehead atoms. The van der Waals surface area contributed by atoms with E-state index in [1.165, 1.54) is 11.0 Å². The number of ether oxygens (including phenoxy) is 2. The first-order valence-corrected chi connectivity index (χ1v) is 20.6. The SMILES string of the molecule is COc1ccc2c(c1)c(-c1cnc(-c3cn([Si](C)(C)C(C)(C)C)c4ccc(OC)cc34)nc1)cn2[Si](C)(C)C(C)(C)C. The second-order valence-electron chi connectivity index (χ2n) is 14.5. The van der Waals surface area contributed by atoms with Gasteiger partial charge in [0.05, 0.1) is 14.2 Å². The molecule has 0 saturated heterocycles. The van der Waals surface area contributed by atoms with Gasteiger partial charge in [-0.2, -0.15) is 0 Å². The molecule has 42 heavy (non-hydrogen) atoms. The minimum atomic E-state index is -1.91. The van der Waals surface area contributed by atoms with Crippen molar-refractivity contribution in [1.82, 2.24) is 18.4 Å². The number of benzene rings is 2. The Morgan fingerprint density at radius 3 is 1.43 bits per heavy atom. The monoisotopic (exact) mass is 598 g/mol. The van der Waals surface area contributed by atoms with Crippen molar-refractivity contribution in [2.75, 3.05) is 14.2 Å². The van der Waals surface area contributed by atoms with Crippen LogP contribution >= 0.6 is 0 Å². The lowest BCUT2D eigenvalue weighted by atomic mass is 10.1. The molecule has 5 rings (SSSR count). The Balaban J connectivity index is 1.68. The lowest BCUT2D eigenvalue weighted by molar-refractivity contribution is 0.415. The van der Waals surface area contributed by atoms with Crippen LogP contribution in [-0.2, 0) is 0 Å². The predicted octanol–water partition coefficient (Wildman–Crippen LogP) is 9.44. The van der Waals surface area contributed by atoms with E-state index in [4.69, 9.17) is 19.4 Å². The number of fused-ring (bicyclic) bond motifs is 2. The molecule has 3 heterocycles. The summed E-state index contributed by atoms with van der Waals surface area (Å²) in [4.78, 5) is 9.96. The predicted molar refractivity (Wildman–Crippen MR) is 182 cm³/mol. The zero-order valence-corrected chi connectivity index (χ0v) is 29.4. The zero-order chi connectivity index (χ0) is 30.8. The van der Waals surface area contributed by atoms with E-state index in [0.717, 1.165) is 44.8 Å². The quantitative estimate of drug-likeness (QED) is 0.183. The molecule has 8 heteroatoms. The van der Waals surface area contributed by atoms with E-state index in [2.05, 4.69) is 119 Å². The van der Waals surface area contributed by atoms with Crippen molar-refractivity contribution in [1.29, 1.82) is 0 Å². The molecule has 0 aliphatic rings. The molecule has 0 spiro atoms. The Morgan fingerprint density at radius 2 is 1.02 bits per heavy atom. The highest BCUT2D eigenvalue weighted by atomic mass is 28.3. The fourth-order valence-electron chi connectivity index (χ4n) is 5.33. The molecule has 5 aromatic rings. The summed E-state index contributed by atoms with van der Waals surface area (Å²) < 4.78 is 16.3. The van der Waals surface area contributed by atoms with E-state index in [0.29, 0.717) is 0 Å². The molecule has 6 nitrogen and oxygen atoms in total. The maximum atomic E-state index is 5.63. The number of nitrogens with zero attached hydrogens (tertiary/aromatic N) is 4. The van der Waals surface area contributed by atoms with Crippen molar-refractivity contribution in [3.8, 4) is 34.0 Å². The maximum Gasteiger partial charge on any atom is 0.161 e. The van der Waals surface area contributed by atoms with Gasteiger partial charge in [-0.3, -0.25) is 0 Å². The summed E-state index contributed by atoms with van der Waals surface area (Å²) in [6, 6.07) is 12.7. The summed E-state index contributed by atoms with van der Waals surface area (Å²) in [5.41, 5.74) is 5.59. The summed E-state index contributed by atoms with van der Waals surface area (Å²) >= 11 is 0. The first-order valence-electron chi connectivity index (χ1n) is 14.7. The van der Waals surface area contributed by atoms with Crippen LogP contribution in [0.5, 0.6) is 11.5 Å². The largest absolute Gasteiger partial charge is 0.497 e. The highest BCUT2D eigenvalue weighted by molar-refractivity contribution is 6.80. The van der Waals surface area contributed by atoms with E-state index in [9.17, 15) is 0 Å². The van der Waals surface area contributed by atoms with E-state index in [1.54, 1.807) is 14.2 Å². The fraction of sp³-hybridized carbons (Fsp3) is 0.412. The van der Waals surface area contributed by atoms with Crippen molar-refractivity contribution in [2.24, 2.45) is 0 Å². The minimum Gasteiger partial charge on any atom is -0.497 e. The van der Waals surface area contributed by atoms with Crippen LogP contribution in [0.15, 0.2) is 61.2 Å². The molecule has 0 N–H and O–H groups in total. The van der Waals surface area contributed by atoms with Gasteiger partial charge in [-0.1, -0.05) is 67.7 Å². The average Bonchev–Trinajstić information content (AvgIpc) is 3.51. The van der Waals surface area contributed by atoms with Gasteiger partial charge in [0, 0.05) is 63.3 Å². The summed E-state index contributed by atoms with van der Waals surface area (Å²) in [6.45, 7) is 23.8. The van der Waals surface area contributed by atoms with Gasteiger partial charge < -0.3 is 17.9 Å². The molecule has 0 radical (unpaired) electrons. The van der Waals surface area contributed by atoms with E-state index < -0.39 is 16.5 Å². The molecule has 0 unspecified atom stereocenters. The highest BCUT2D eigenvalue weighted by Gasteiger charge is 2.40. The normalized spacial score (nSPS) is 13.2. The van der Waals surface area contributed by atoms with Gasteiger partial charge in [0.25, 0.3) is 0 Å². The van der Waals surface area contributed by atoms with Crippen molar-refractivity contribution in [3.63, 3.8) is 0 Å². The van der Waals surface area contributed by atoms with E-state index >= 15 is 0 Å². The third-order valence-electron chi connectivity index (χ3n) is 10.1. The van der Waals surface area contributed by atoms with Crippen LogP contribution in [0.2, 0.25) is 36.3 Å². The molecule has 3 aromatic heterocycles. The molecule has 2 aromatic carbocycles. The number of rotatable bonds is 6. The van der Waals surface area contributed by atoms with Crippen molar-refractivity contribution >= 4 is 38.3 Å². The van der Waals surface area contributed by atoms with Crippen LogP contribution in [0.4, 0.5) is 0 Å². The van der Waals surface area contributed by atoms with Gasteiger partial charge in [-0.15, -0.1) is 0 Å². The zero-order valence-electron chi connectivity index (χ0n) is 27.4. The van der Waals surface area contributed by atoms with Gasteiger partial charge in [0.2, 0.25) is 0 Å². The van der Waals surface area contributed by atoms with Crippen LogP contribution in [0.25, 0.3) is 44.3 Å². The number of hydrogen-bond acceptors (Lipinski definition) is 4. The molecule has 0 aliphatic heterocycles. The van der Waals surface area contributed by atoms with Gasteiger partial charge in [0.15, 0.2) is 22.3 Å². The second kappa shape index (κ2) is 10.1. The van der Waals surface area contributed by atoms with Gasteiger partial charge in [-0.05, 0) is 46.5 Å². The Kier molecular flexibility index (Phi) is 7.26. The Morgan fingerprint density at radius 1 is 0.619 bits per heavy atom. The van der Waals surface area contributed by atoms with Crippen LogP contribution in [0.3, 0.4) is 0 Å². The van der Waals surface area contributed by atoms with Crippen molar-refractivity contribution in [2.45, 2.75) is 77.8 Å². The maximum absolute atomic E-state index is 5.63. The first kappa shape index (κ1) is 30.1. The van der Waals surface area contributed by atoms with Crippen LogP contribution in [-0.4, -0.2) is 49.1 Å². The summed E-state index contributed by atoms with van der Waals surface area (Å²) in [6.07, 6.45) is 8.53. The smallest absolute Gasteiger partial charge is 0.161 e. The lowest BCUT2D eigenvalue weighted by Gasteiger charge is -2.38. The summed E-state index contributed by atoms with van der Waals surface area (Å²) in [5.74, 6) is 2.41. The van der Waals surface area contributed by atoms with Crippen LogP contribution < -0.4 is 9.47 Å². The molecule has 0 amide bonds. The van der Waals surface area contributed by atoms with Gasteiger partial charge in [-0.25, -0.2) is 9.97 Å². The van der Waals surface area contributed by atoms with E-state index in [-0.39, 0.29) is 10.1 Å². The number of aromatic nitrogens is 4. The Bertz CT molecular complexity index is 1640. The molecule has 0 saturated carbocycles. The third-order valence-corrected chi connectivity index (χ3v) is 20.6. The van der Waals surface area contributed by atoms with Gasteiger partial charge in [0.1, 0.15) is 11.5 Å². The van der Waals surface area contributed by atoms with E-state index in [1.807, 2.05) is 18.5 Å². The summed E-state index contributed by atoms with van der Waals surface area (Å²) in [5, 5.41) is 2.62. The standard InChI is InChI=1S/C34H46N4O2Si2/c1-33(2,3)41(9,10)37-21-28(26-17-24(39-7)13-15-30(26)37)23-19-35-32(36-20-23)29-22-38(42(11,12)34(4,5)6)31-16-14-25(40-8)18-27(29)31/h13-22H,1-12H3. The lowest BCUT2D eigenvalue weighted by Crippen LogP contribution is -2.44. The molecular weight excluding hydrogens is 553 g/mol. The van der Waals surface area contributed by atoms with Crippen LogP contribution in [0.1, 0.15) is 41.5 Å². The van der Waals surface area contributed by atoms with Crippen molar-refractivity contribution in [3.05, 3.63) is 61.2 Å². The Labute approximate surface area is 252 Å². The van der Waals surface area contributed by atoms with Crippen LogP contribution in [0, 0.1) is 0 Å². The summed E-state index contributed by atoms with van der Waals surface area (Å²) in [7, 11) is -0.369. The molecular formula is C34H46N4O2Si2. The second-order valence-corrected chi connectivity index (χ2v) is 24.7. The van der Waals surface area contributed by atoms with Crippen molar-refractivity contribution < 1.29 is 9.47 Å². The highest BCUT2D eigenvalue weighted by Crippen LogP contribution is 2.44. The third kappa shape index (κ3) is 4.78. The molecule has 0 atom stereocenters. The minimum absolute atomic E-state index is 0.167.